The first-order valence-electron chi connectivity index (χ1n) is 4.34. The van der Waals surface area contributed by atoms with E-state index in [0.717, 1.165) is 0 Å². The van der Waals surface area contributed by atoms with Gasteiger partial charge in [-0.2, -0.15) is 0 Å². The molecule has 4 nitrogen and oxygen atoms in total. The monoisotopic (exact) mass is 309 g/mol. The smallest absolute Gasteiger partial charge is 0.161 e. The van der Waals surface area contributed by atoms with Crippen molar-refractivity contribution in [1.82, 2.24) is 0 Å². The Kier molecular flexibility index (Phi) is 4.37. The summed E-state index contributed by atoms with van der Waals surface area (Å²) in [6, 6.07) is 2.02. The average Bonchev–Trinajstić information content (AvgIpc) is 2.21. The zero-order valence-corrected chi connectivity index (χ0v) is 10.7. The number of halogens is 3. The van der Waals surface area contributed by atoms with Crippen LogP contribution in [-0.2, 0) is 0 Å². The molecule has 0 saturated carbocycles. The first-order valence-corrected chi connectivity index (χ1v) is 5.51. The molecule has 7 heteroatoms. The minimum atomic E-state index is -0.445. The molecule has 0 aliphatic heterocycles. The van der Waals surface area contributed by atoms with Crippen molar-refractivity contribution in [3.05, 3.63) is 27.4 Å². The topological polar surface area (TPSA) is 70.6 Å². The Morgan fingerprint density at radius 2 is 2.31 bits per heavy atom. The Balaban J connectivity index is 2.98. The molecule has 0 saturated heterocycles. The molecular formula is C9H10BrClFN3O. The van der Waals surface area contributed by atoms with Gasteiger partial charge in [-0.05, 0) is 35.0 Å². The number of nitrogens with zero attached hydrogens (tertiary/aromatic N) is 1. The highest BCUT2D eigenvalue weighted by molar-refractivity contribution is 9.10. The van der Waals surface area contributed by atoms with Crippen LogP contribution >= 0.6 is 27.5 Å². The quantitative estimate of drug-likeness (QED) is 0.348. The van der Waals surface area contributed by atoms with Crippen molar-refractivity contribution in [2.45, 2.75) is 13.0 Å². The lowest BCUT2D eigenvalue weighted by Crippen LogP contribution is -2.33. The fourth-order valence-corrected chi connectivity index (χ4v) is 1.98. The Labute approximate surface area is 105 Å². The maximum atomic E-state index is 12.9. The SMILES string of the molecule is CC(Nc1c(Cl)cc(F)cc1Br)C(N)=NO. The van der Waals surface area contributed by atoms with Crippen molar-refractivity contribution >= 4 is 39.1 Å². The first kappa shape index (κ1) is 13.1. The van der Waals surface area contributed by atoms with Crippen LogP contribution < -0.4 is 11.1 Å². The van der Waals surface area contributed by atoms with Gasteiger partial charge in [0.1, 0.15) is 5.82 Å². The van der Waals surface area contributed by atoms with Crippen molar-refractivity contribution in [2.75, 3.05) is 5.32 Å². The van der Waals surface area contributed by atoms with Gasteiger partial charge in [0.25, 0.3) is 0 Å². The molecule has 1 unspecified atom stereocenters. The number of amidine groups is 1. The average molecular weight is 311 g/mol. The molecule has 1 aromatic carbocycles. The lowest BCUT2D eigenvalue weighted by Gasteiger charge is -2.16. The van der Waals surface area contributed by atoms with Gasteiger partial charge in [-0.25, -0.2) is 4.39 Å². The molecule has 0 aliphatic carbocycles. The van der Waals surface area contributed by atoms with Crippen molar-refractivity contribution in [3.8, 4) is 0 Å². The Bertz CT molecular complexity index is 404. The van der Waals surface area contributed by atoms with E-state index in [1.54, 1.807) is 6.92 Å². The maximum Gasteiger partial charge on any atom is 0.161 e. The van der Waals surface area contributed by atoms with Gasteiger partial charge >= 0.3 is 0 Å². The molecule has 0 bridgehead atoms. The second-order valence-corrected chi connectivity index (χ2v) is 4.40. The minimum Gasteiger partial charge on any atom is -0.409 e. The molecule has 1 aromatic rings. The number of hydrogen-bond donors (Lipinski definition) is 3. The Morgan fingerprint density at radius 1 is 1.69 bits per heavy atom. The van der Waals surface area contributed by atoms with Crippen LogP contribution in [0, 0.1) is 5.82 Å². The van der Waals surface area contributed by atoms with Crippen LogP contribution in [0.3, 0.4) is 0 Å². The van der Waals surface area contributed by atoms with Gasteiger partial charge in [0, 0.05) is 4.47 Å². The first-order chi connectivity index (χ1) is 7.45. The number of nitrogens with two attached hydrogens (primary N) is 1. The van der Waals surface area contributed by atoms with E-state index in [1.165, 1.54) is 12.1 Å². The molecule has 4 N–H and O–H groups in total. The van der Waals surface area contributed by atoms with Gasteiger partial charge in [-0.1, -0.05) is 16.8 Å². The van der Waals surface area contributed by atoms with E-state index in [4.69, 9.17) is 22.5 Å². The van der Waals surface area contributed by atoms with E-state index >= 15 is 0 Å². The van der Waals surface area contributed by atoms with Crippen LogP contribution in [0.5, 0.6) is 0 Å². The van der Waals surface area contributed by atoms with Crippen LogP contribution in [0.2, 0.25) is 5.02 Å². The summed E-state index contributed by atoms with van der Waals surface area (Å²) < 4.78 is 13.4. The van der Waals surface area contributed by atoms with E-state index in [0.29, 0.717) is 10.2 Å². The third-order valence-corrected chi connectivity index (χ3v) is 2.85. The summed E-state index contributed by atoms with van der Waals surface area (Å²) in [5, 5.41) is 14.5. The zero-order valence-electron chi connectivity index (χ0n) is 8.34. The molecule has 1 atom stereocenters. The number of anilines is 1. The molecule has 16 heavy (non-hydrogen) atoms. The predicted molar refractivity (Wildman–Crippen MR) is 65.6 cm³/mol. The summed E-state index contributed by atoms with van der Waals surface area (Å²) in [5.41, 5.74) is 5.89. The molecule has 0 spiro atoms. The molecule has 0 aromatic heterocycles. The van der Waals surface area contributed by atoms with Gasteiger partial charge in [-0.3, -0.25) is 0 Å². The lowest BCUT2D eigenvalue weighted by molar-refractivity contribution is 0.316. The second-order valence-electron chi connectivity index (χ2n) is 3.14. The van der Waals surface area contributed by atoms with Crippen LogP contribution in [-0.4, -0.2) is 17.1 Å². The summed E-state index contributed by atoms with van der Waals surface area (Å²) in [4.78, 5) is 0. The van der Waals surface area contributed by atoms with Crippen LogP contribution in [0.1, 0.15) is 6.92 Å². The predicted octanol–water partition coefficient (Wildman–Crippen LogP) is 2.79. The minimum absolute atomic E-state index is 0.00675. The third kappa shape index (κ3) is 2.99. The van der Waals surface area contributed by atoms with Crippen LogP contribution in [0.15, 0.2) is 21.8 Å². The van der Waals surface area contributed by atoms with E-state index in [9.17, 15) is 4.39 Å². The standard InChI is InChI=1S/C9H10BrClFN3O/c1-4(9(13)15-16)14-8-6(10)2-5(12)3-7(8)11/h2-4,14,16H,1H3,(H2,13,15). The molecule has 1 rings (SSSR count). The van der Waals surface area contributed by atoms with Gasteiger partial charge in [0.05, 0.1) is 16.8 Å². The highest BCUT2D eigenvalue weighted by atomic mass is 79.9. The summed E-state index contributed by atoms with van der Waals surface area (Å²) >= 11 is 9.02. The zero-order chi connectivity index (χ0) is 12.3. The summed E-state index contributed by atoms with van der Waals surface area (Å²) in [6.07, 6.45) is 0. The normalized spacial score (nSPS) is 13.6. The number of hydrogen-bond acceptors (Lipinski definition) is 3. The van der Waals surface area contributed by atoms with Crippen LogP contribution in [0.25, 0.3) is 0 Å². The third-order valence-electron chi connectivity index (χ3n) is 1.93. The molecule has 0 amide bonds. The highest BCUT2D eigenvalue weighted by Crippen LogP contribution is 2.32. The molecular weight excluding hydrogens is 300 g/mol. The number of oxime groups is 1. The fraction of sp³-hybridized carbons (Fsp3) is 0.222. The summed E-state index contributed by atoms with van der Waals surface area (Å²) in [5.74, 6) is -0.439. The molecule has 0 fully saturated rings. The number of nitrogens with one attached hydrogen (secondary N) is 1. The van der Waals surface area contributed by atoms with E-state index < -0.39 is 11.9 Å². The highest BCUT2D eigenvalue weighted by Gasteiger charge is 2.13. The van der Waals surface area contributed by atoms with Crippen LogP contribution in [0.4, 0.5) is 10.1 Å². The van der Waals surface area contributed by atoms with Crippen molar-refractivity contribution < 1.29 is 9.60 Å². The van der Waals surface area contributed by atoms with Crippen molar-refractivity contribution in [1.29, 1.82) is 0 Å². The van der Waals surface area contributed by atoms with E-state index in [1.807, 2.05) is 0 Å². The lowest BCUT2D eigenvalue weighted by atomic mass is 10.2. The van der Waals surface area contributed by atoms with E-state index in [-0.39, 0.29) is 10.9 Å². The fourth-order valence-electron chi connectivity index (χ4n) is 1.06. The largest absolute Gasteiger partial charge is 0.409 e. The summed E-state index contributed by atoms with van der Waals surface area (Å²) in [7, 11) is 0. The molecule has 88 valence electrons. The van der Waals surface area contributed by atoms with Gasteiger partial charge < -0.3 is 16.3 Å². The Morgan fingerprint density at radius 3 is 2.81 bits per heavy atom. The second kappa shape index (κ2) is 5.36. The van der Waals surface area contributed by atoms with Crippen molar-refractivity contribution in [2.24, 2.45) is 10.9 Å². The van der Waals surface area contributed by atoms with Gasteiger partial charge in [0.15, 0.2) is 5.84 Å². The van der Waals surface area contributed by atoms with Gasteiger partial charge in [0.2, 0.25) is 0 Å². The number of rotatable bonds is 3. The Hall–Kier alpha value is -1.01. The maximum absolute atomic E-state index is 12.9. The molecule has 0 heterocycles. The summed E-state index contributed by atoms with van der Waals surface area (Å²) in [6.45, 7) is 1.68. The van der Waals surface area contributed by atoms with E-state index in [2.05, 4.69) is 26.4 Å². The molecule has 0 aliphatic rings. The van der Waals surface area contributed by atoms with Crippen molar-refractivity contribution in [3.63, 3.8) is 0 Å². The molecule has 0 radical (unpaired) electrons. The number of benzene rings is 1. The van der Waals surface area contributed by atoms with Gasteiger partial charge in [-0.15, -0.1) is 0 Å².